The first-order chi connectivity index (χ1) is 11.2. The zero-order valence-corrected chi connectivity index (χ0v) is 15.0. The molecule has 1 aromatic heterocycles. The summed E-state index contributed by atoms with van der Waals surface area (Å²) in [5.74, 6) is 2.17. The van der Waals surface area contributed by atoms with E-state index in [9.17, 15) is 0 Å². The van der Waals surface area contributed by atoms with Crippen molar-refractivity contribution in [1.82, 2.24) is 9.88 Å². The van der Waals surface area contributed by atoms with Gasteiger partial charge in [0.25, 0.3) is 0 Å². The summed E-state index contributed by atoms with van der Waals surface area (Å²) in [6.07, 6.45) is 5.62. The van der Waals surface area contributed by atoms with Crippen LogP contribution in [0.25, 0.3) is 11.5 Å². The molecule has 2 aliphatic rings. The molecule has 2 heterocycles. The van der Waals surface area contributed by atoms with Gasteiger partial charge in [-0.15, -0.1) is 12.4 Å². The van der Waals surface area contributed by atoms with E-state index in [4.69, 9.17) is 10.2 Å². The summed E-state index contributed by atoms with van der Waals surface area (Å²) < 4.78 is 5.68. The number of nitrogens with zero attached hydrogens (tertiary/aromatic N) is 2. The Kier molecular flexibility index (Phi) is 5.28. The highest BCUT2D eigenvalue weighted by Gasteiger charge is 2.38. The molecule has 1 saturated heterocycles. The van der Waals surface area contributed by atoms with Crippen LogP contribution in [0.3, 0.4) is 0 Å². The number of fused-ring (bicyclic) bond motifs is 1. The van der Waals surface area contributed by atoms with Gasteiger partial charge in [-0.2, -0.15) is 0 Å². The number of halogens is 1. The second-order valence-electron chi connectivity index (χ2n) is 7.22. The van der Waals surface area contributed by atoms with Crippen LogP contribution in [0, 0.1) is 18.8 Å². The molecule has 2 N–H and O–H groups in total. The molecule has 4 rings (SSSR count). The lowest BCUT2D eigenvalue weighted by Crippen LogP contribution is -2.38. The number of rotatable bonds is 3. The standard InChI is InChI=1S/C19H25N3O.ClH/c1-13-5-7-14(8-6-13)19-21-16(12-23-19)10-22-9-15-3-2-4-18(20)17(15)11-22;/h5-8,12,15,17-18H,2-4,9-11,20H2,1H3;1H. The second kappa shape index (κ2) is 7.26. The van der Waals surface area contributed by atoms with E-state index >= 15 is 0 Å². The van der Waals surface area contributed by atoms with Crippen molar-refractivity contribution in [1.29, 1.82) is 0 Å². The van der Waals surface area contributed by atoms with E-state index in [0.29, 0.717) is 17.9 Å². The highest BCUT2D eigenvalue weighted by Crippen LogP contribution is 2.36. The Morgan fingerprint density at radius 1 is 1.21 bits per heavy atom. The lowest BCUT2D eigenvalue weighted by Gasteiger charge is -2.29. The lowest BCUT2D eigenvalue weighted by molar-refractivity contribution is 0.259. The maximum Gasteiger partial charge on any atom is 0.226 e. The van der Waals surface area contributed by atoms with Crippen LogP contribution in [0.4, 0.5) is 0 Å². The maximum absolute atomic E-state index is 6.31. The number of likely N-dealkylation sites (tertiary alicyclic amines) is 1. The van der Waals surface area contributed by atoms with Crippen molar-refractivity contribution in [2.75, 3.05) is 13.1 Å². The summed E-state index contributed by atoms with van der Waals surface area (Å²) in [6, 6.07) is 8.69. The Balaban J connectivity index is 0.00000169. The minimum atomic E-state index is 0. The first-order valence-corrected chi connectivity index (χ1v) is 8.68. The molecular formula is C19H26ClN3O. The van der Waals surface area contributed by atoms with Crippen LogP contribution < -0.4 is 5.73 Å². The van der Waals surface area contributed by atoms with E-state index in [2.05, 4.69) is 41.1 Å². The van der Waals surface area contributed by atoms with Crippen molar-refractivity contribution >= 4 is 12.4 Å². The van der Waals surface area contributed by atoms with Gasteiger partial charge in [0.15, 0.2) is 0 Å². The number of hydrogen-bond acceptors (Lipinski definition) is 4. The van der Waals surface area contributed by atoms with Gasteiger partial charge < -0.3 is 10.2 Å². The van der Waals surface area contributed by atoms with Crippen molar-refractivity contribution in [2.45, 2.75) is 38.8 Å². The van der Waals surface area contributed by atoms with E-state index in [1.165, 1.54) is 24.8 Å². The molecule has 24 heavy (non-hydrogen) atoms. The zero-order valence-electron chi connectivity index (χ0n) is 14.1. The van der Waals surface area contributed by atoms with E-state index in [-0.39, 0.29) is 12.4 Å². The highest BCUT2D eigenvalue weighted by molar-refractivity contribution is 5.85. The average molecular weight is 348 g/mol. The van der Waals surface area contributed by atoms with Gasteiger partial charge in [-0.05, 0) is 43.7 Å². The van der Waals surface area contributed by atoms with Crippen molar-refractivity contribution in [3.05, 3.63) is 41.8 Å². The van der Waals surface area contributed by atoms with Gasteiger partial charge in [-0.25, -0.2) is 4.98 Å². The quantitative estimate of drug-likeness (QED) is 0.921. The largest absolute Gasteiger partial charge is 0.444 e. The molecule has 130 valence electrons. The van der Waals surface area contributed by atoms with Crippen LogP contribution >= 0.6 is 12.4 Å². The van der Waals surface area contributed by atoms with Crippen LogP contribution in [-0.2, 0) is 6.54 Å². The summed E-state index contributed by atoms with van der Waals surface area (Å²) in [4.78, 5) is 7.17. The van der Waals surface area contributed by atoms with Crippen molar-refractivity contribution in [3.8, 4) is 11.5 Å². The molecule has 0 amide bonds. The van der Waals surface area contributed by atoms with Gasteiger partial charge in [0.1, 0.15) is 6.26 Å². The molecule has 5 heteroatoms. The Labute approximate surface area is 149 Å². The van der Waals surface area contributed by atoms with Crippen molar-refractivity contribution < 1.29 is 4.42 Å². The smallest absolute Gasteiger partial charge is 0.226 e. The summed E-state index contributed by atoms with van der Waals surface area (Å²) in [7, 11) is 0. The first-order valence-electron chi connectivity index (χ1n) is 8.68. The monoisotopic (exact) mass is 347 g/mol. The van der Waals surface area contributed by atoms with E-state index in [0.717, 1.165) is 36.8 Å². The zero-order chi connectivity index (χ0) is 15.8. The van der Waals surface area contributed by atoms with Crippen LogP contribution in [0.2, 0.25) is 0 Å². The Bertz CT molecular complexity index is 670. The molecule has 2 aromatic rings. The van der Waals surface area contributed by atoms with Gasteiger partial charge in [-0.3, -0.25) is 4.90 Å². The maximum atomic E-state index is 6.31. The number of aromatic nitrogens is 1. The summed E-state index contributed by atoms with van der Waals surface area (Å²) >= 11 is 0. The Morgan fingerprint density at radius 2 is 2.00 bits per heavy atom. The molecule has 3 unspecified atom stereocenters. The second-order valence-corrected chi connectivity index (χ2v) is 7.22. The SMILES string of the molecule is Cc1ccc(-c2nc(CN3CC4CCCC(N)C4C3)co2)cc1.Cl. The first kappa shape index (κ1) is 17.5. The third-order valence-electron chi connectivity index (χ3n) is 5.47. The molecule has 1 aliphatic carbocycles. The third-order valence-corrected chi connectivity index (χ3v) is 5.47. The number of benzene rings is 1. The molecule has 1 aliphatic heterocycles. The summed E-state index contributed by atoms with van der Waals surface area (Å²) in [6.45, 7) is 5.22. The fourth-order valence-corrected chi connectivity index (χ4v) is 4.18. The van der Waals surface area contributed by atoms with Crippen molar-refractivity contribution in [3.63, 3.8) is 0 Å². The molecule has 3 atom stereocenters. The number of oxazole rings is 1. The fraction of sp³-hybridized carbons (Fsp3) is 0.526. The number of nitrogens with two attached hydrogens (primary N) is 1. The molecule has 2 fully saturated rings. The van der Waals surface area contributed by atoms with E-state index in [1.807, 2.05) is 0 Å². The predicted molar refractivity (Wildman–Crippen MR) is 98.0 cm³/mol. The molecular weight excluding hydrogens is 322 g/mol. The Hall–Kier alpha value is -1.36. The predicted octanol–water partition coefficient (Wildman–Crippen LogP) is 3.63. The molecule has 4 nitrogen and oxygen atoms in total. The number of hydrogen-bond donors (Lipinski definition) is 1. The van der Waals surface area contributed by atoms with Gasteiger partial charge in [0, 0.05) is 31.2 Å². The summed E-state index contributed by atoms with van der Waals surface area (Å²) in [5, 5.41) is 0. The van der Waals surface area contributed by atoms with Gasteiger partial charge in [0.2, 0.25) is 5.89 Å². The molecule has 1 aromatic carbocycles. The molecule has 0 radical (unpaired) electrons. The van der Waals surface area contributed by atoms with Crippen LogP contribution in [0.5, 0.6) is 0 Å². The minimum absolute atomic E-state index is 0. The number of aryl methyl sites for hydroxylation is 1. The van der Waals surface area contributed by atoms with E-state index in [1.54, 1.807) is 6.26 Å². The van der Waals surface area contributed by atoms with Gasteiger partial charge >= 0.3 is 0 Å². The van der Waals surface area contributed by atoms with Crippen LogP contribution in [-0.4, -0.2) is 29.0 Å². The Morgan fingerprint density at radius 3 is 2.75 bits per heavy atom. The summed E-state index contributed by atoms with van der Waals surface area (Å²) in [5.41, 5.74) is 9.62. The minimum Gasteiger partial charge on any atom is -0.444 e. The molecule has 1 saturated carbocycles. The molecule has 0 spiro atoms. The highest BCUT2D eigenvalue weighted by atomic mass is 35.5. The van der Waals surface area contributed by atoms with Crippen molar-refractivity contribution in [2.24, 2.45) is 17.6 Å². The average Bonchev–Trinajstić information content (AvgIpc) is 3.16. The fourth-order valence-electron chi connectivity index (χ4n) is 4.18. The van der Waals surface area contributed by atoms with Gasteiger partial charge in [-0.1, -0.05) is 24.1 Å². The third kappa shape index (κ3) is 3.51. The van der Waals surface area contributed by atoms with Gasteiger partial charge in [0.05, 0.1) is 5.69 Å². The van der Waals surface area contributed by atoms with Crippen LogP contribution in [0.1, 0.15) is 30.5 Å². The normalized spacial score (nSPS) is 26.8. The molecule has 0 bridgehead atoms. The lowest BCUT2D eigenvalue weighted by atomic mass is 9.78. The van der Waals surface area contributed by atoms with Crippen LogP contribution in [0.15, 0.2) is 34.9 Å². The topological polar surface area (TPSA) is 55.3 Å². The van der Waals surface area contributed by atoms with E-state index < -0.39 is 0 Å².